The van der Waals surface area contributed by atoms with Crippen molar-refractivity contribution in [1.29, 1.82) is 0 Å². The topological polar surface area (TPSA) is 12.9 Å². The predicted octanol–water partition coefficient (Wildman–Crippen LogP) is 4.77. The van der Waals surface area contributed by atoms with Crippen LogP contribution in [-0.2, 0) is 12.8 Å². The molecular weight excluding hydrogens is 242 g/mol. The molecule has 0 atom stereocenters. The summed E-state index contributed by atoms with van der Waals surface area (Å²) in [6.45, 7) is 4.25. The minimum Gasteiger partial charge on any atom is -0.252 e. The number of hydrogen-bond acceptors (Lipinski definition) is 1. The molecule has 3 rings (SSSR count). The zero-order valence-electron chi connectivity index (χ0n) is 11.0. The van der Waals surface area contributed by atoms with Crippen molar-refractivity contribution in [3.63, 3.8) is 0 Å². The molecule has 1 aliphatic carbocycles. The second-order valence-corrected chi connectivity index (χ2v) is 5.77. The van der Waals surface area contributed by atoms with Crippen molar-refractivity contribution in [3.05, 3.63) is 39.5 Å². The summed E-state index contributed by atoms with van der Waals surface area (Å²) in [6.07, 6.45) is 5.95. The molecule has 1 aromatic heterocycles. The summed E-state index contributed by atoms with van der Waals surface area (Å²) in [4.78, 5) is 4.87. The smallest absolute Gasteiger partial charge is 0.0725 e. The van der Waals surface area contributed by atoms with Crippen LogP contribution in [0.1, 0.15) is 41.6 Å². The van der Waals surface area contributed by atoms with E-state index in [1.807, 2.05) is 0 Å². The van der Waals surface area contributed by atoms with Gasteiger partial charge in [0, 0.05) is 11.1 Å². The number of pyridine rings is 1. The SMILES string of the molecule is Cc1cc(C)c2c(Cl)c3c(nc2c1)CCCCC3. The fraction of sp³-hybridized carbons (Fsp3) is 0.438. The van der Waals surface area contributed by atoms with Gasteiger partial charge in [0.05, 0.1) is 10.5 Å². The Kier molecular flexibility index (Phi) is 3.03. The lowest BCUT2D eigenvalue weighted by Gasteiger charge is -2.13. The molecule has 2 heteroatoms. The van der Waals surface area contributed by atoms with E-state index in [9.17, 15) is 0 Å². The first kappa shape index (κ1) is 12.0. The zero-order chi connectivity index (χ0) is 12.7. The highest BCUT2D eigenvalue weighted by Crippen LogP contribution is 2.34. The Morgan fingerprint density at radius 3 is 2.67 bits per heavy atom. The maximum atomic E-state index is 6.65. The molecular formula is C16H18ClN. The van der Waals surface area contributed by atoms with E-state index >= 15 is 0 Å². The molecule has 1 aliphatic rings. The normalized spacial score (nSPS) is 15.5. The van der Waals surface area contributed by atoms with Crippen LogP contribution in [0, 0.1) is 13.8 Å². The maximum absolute atomic E-state index is 6.65. The summed E-state index contributed by atoms with van der Waals surface area (Å²) in [5.74, 6) is 0. The number of fused-ring (bicyclic) bond motifs is 2. The number of hydrogen-bond donors (Lipinski definition) is 0. The van der Waals surface area contributed by atoms with Gasteiger partial charge in [0.1, 0.15) is 0 Å². The molecule has 0 bridgehead atoms. The molecule has 0 saturated carbocycles. The van der Waals surface area contributed by atoms with E-state index in [0.717, 1.165) is 28.8 Å². The third-order valence-corrected chi connectivity index (χ3v) is 4.30. The van der Waals surface area contributed by atoms with Crippen LogP contribution >= 0.6 is 11.6 Å². The molecule has 0 spiro atoms. The molecule has 94 valence electrons. The highest BCUT2D eigenvalue weighted by molar-refractivity contribution is 6.36. The number of aromatic nitrogens is 1. The average molecular weight is 260 g/mol. The van der Waals surface area contributed by atoms with Crippen LogP contribution in [0.3, 0.4) is 0 Å². The van der Waals surface area contributed by atoms with Crippen LogP contribution < -0.4 is 0 Å². The summed E-state index contributed by atoms with van der Waals surface area (Å²) in [5, 5.41) is 2.11. The first-order valence-electron chi connectivity index (χ1n) is 6.75. The number of nitrogens with zero attached hydrogens (tertiary/aromatic N) is 1. The number of halogens is 1. The Balaban J connectivity index is 2.34. The van der Waals surface area contributed by atoms with Crippen LogP contribution in [0.5, 0.6) is 0 Å². The summed E-state index contributed by atoms with van der Waals surface area (Å²) >= 11 is 6.65. The molecule has 2 aromatic rings. The third-order valence-electron chi connectivity index (χ3n) is 3.89. The number of benzene rings is 1. The van der Waals surface area contributed by atoms with Gasteiger partial charge in [-0.25, -0.2) is 0 Å². The quantitative estimate of drug-likeness (QED) is 0.621. The van der Waals surface area contributed by atoms with Crippen molar-refractivity contribution in [3.8, 4) is 0 Å². The van der Waals surface area contributed by atoms with Crippen LogP contribution in [0.25, 0.3) is 10.9 Å². The molecule has 1 aromatic carbocycles. The van der Waals surface area contributed by atoms with Gasteiger partial charge in [-0.3, -0.25) is 4.98 Å². The van der Waals surface area contributed by atoms with Crippen molar-refractivity contribution < 1.29 is 0 Å². The second kappa shape index (κ2) is 4.55. The van der Waals surface area contributed by atoms with Gasteiger partial charge < -0.3 is 0 Å². The van der Waals surface area contributed by atoms with Gasteiger partial charge in [0.15, 0.2) is 0 Å². The fourth-order valence-electron chi connectivity index (χ4n) is 3.04. The summed E-state index contributed by atoms with van der Waals surface area (Å²) < 4.78 is 0. The van der Waals surface area contributed by atoms with Crippen LogP contribution in [0.2, 0.25) is 5.02 Å². The van der Waals surface area contributed by atoms with Crippen molar-refractivity contribution in [1.82, 2.24) is 4.98 Å². The van der Waals surface area contributed by atoms with Gasteiger partial charge in [0.25, 0.3) is 0 Å². The second-order valence-electron chi connectivity index (χ2n) is 5.39. The Hall–Kier alpha value is -1.08. The van der Waals surface area contributed by atoms with Gasteiger partial charge in [0.2, 0.25) is 0 Å². The lowest BCUT2D eigenvalue weighted by Crippen LogP contribution is -1.99. The van der Waals surface area contributed by atoms with Gasteiger partial charge in [-0.05, 0) is 62.3 Å². The lowest BCUT2D eigenvalue weighted by atomic mass is 10.0. The summed E-state index contributed by atoms with van der Waals surface area (Å²) in [6, 6.07) is 4.35. The number of aryl methyl sites for hydroxylation is 3. The van der Waals surface area contributed by atoms with Crippen molar-refractivity contribution in [2.24, 2.45) is 0 Å². The minimum absolute atomic E-state index is 0.953. The third kappa shape index (κ3) is 1.91. The first-order valence-corrected chi connectivity index (χ1v) is 7.13. The number of rotatable bonds is 0. The van der Waals surface area contributed by atoms with E-state index in [1.165, 1.54) is 41.6 Å². The molecule has 1 nitrogen and oxygen atoms in total. The zero-order valence-corrected chi connectivity index (χ0v) is 11.8. The lowest BCUT2D eigenvalue weighted by molar-refractivity contribution is 0.709. The highest BCUT2D eigenvalue weighted by atomic mass is 35.5. The Labute approximate surface area is 113 Å². The standard InChI is InChI=1S/C16H18ClN/c1-10-8-11(2)15-14(9-10)18-13-7-5-3-4-6-12(13)16(15)17/h8-9H,3-7H2,1-2H3. The van der Waals surface area contributed by atoms with Crippen molar-refractivity contribution in [2.45, 2.75) is 46.0 Å². The van der Waals surface area contributed by atoms with Crippen molar-refractivity contribution >= 4 is 22.5 Å². The highest BCUT2D eigenvalue weighted by Gasteiger charge is 2.17. The van der Waals surface area contributed by atoms with Gasteiger partial charge in [-0.2, -0.15) is 0 Å². The Morgan fingerprint density at radius 1 is 1.06 bits per heavy atom. The van der Waals surface area contributed by atoms with E-state index in [4.69, 9.17) is 16.6 Å². The van der Waals surface area contributed by atoms with E-state index in [0.29, 0.717) is 0 Å². The molecule has 0 unspecified atom stereocenters. The Bertz CT molecular complexity index is 616. The predicted molar refractivity (Wildman–Crippen MR) is 77.5 cm³/mol. The molecule has 18 heavy (non-hydrogen) atoms. The van der Waals surface area contributed by atoms with Crippen molar-refractivity contribution in [2.75, 3.05) is 0 Å². The van der Waals surface area contributed by atoms with Crippen LogP contribution in [0.15, 0.2) is 12.1 Å². The largest absolute Gasteiger partial charge is 0.252 e. The van der Waals surface area contributed by atoms with E-state index in [2.05, 4.69) is 26.0 Å². The molecule has 1 heterocycles. The van der Waals surface area contributed by atoms with Gasteiger partial charge in [-0.15, -0.1) is 0 Å². The minimum atomic E-state index is 0.953. The Morgan fingerprint density at radius 2 is 1.83 bits per heavy atom. The van der Waals surface area contributed by atoms with Crippen LogP contribution in [0.4, 0.5) is 0 Å². The first-order chi connectivity index (χ1) is 8.66. The van der Waals surface area contributed by atoms with Crippen LogP contribution in [-0.4, -0.2) is 4.98 Å². The van der Waals surface area contributed by atoms with E-state index < -0.39 is 0 Å². The molecule has 0 amide bonds. The van der Waals surface area contributed by atoms with E-state index in [-0.39, 0.29) is 0 Å². The van der Waals surface area contributed by atoms with Gasteiger partial charge >= 0.3 is 0 Å². The monoisotopic (exact) mass is 259 g/mol. The molecule has 0 N–H and O–H groups in total. The summed E-state index contributed by atoms with van der Waals surface area (Å²) in [7, 11) is 0. The summed E-state index contributed by atoms with van der Waals surface area (Å²) in [5.41, 5.74) is 6.11. The maximum Gasteiger partial charge on any atom is 0.0725 e. The molecule has 0 saturated heterocycles. The average Bonchev–Trinajstić information content (AvgIpc) is 2.53. The molecule has 0 radical (unpaired) electrons. The van der Waals surface area contributed by atoms with Gasteiger partial charge in [-0.1, -0.05) is 24.1 Å². The fourth-order valence-corrected chi connectivity index (χ4v) is 3.49. The molecule has 0 aliphatic heterocycles. The van der Waals surface area contributed by atoms with E-state index in [1.54, 1.807) is 0 Å². The molecule has 0 fully saturated rings.